The number of hydrogen-bond acceptors (Lipinski definition) is 2. The smallest absolute Gasteiger partial charge is 0.0278 e. The topological polar surface area (TPSA) is 15.3 Å². The van der Waals surface area contributed by atoms with Crippen molar-refractivity contribution in [3.05, 3.63) is 33.4 Å². The molecule has 2 rings (SSSR count). The number of nitrogens with one attached hydrogen (secondary N) is 1. The van der Waals surface area contributed by atoms with Crippen LogP contribution in [0.1, 0.15) is 39.2 Å². The van der Waals surface area contributed by atoms with E-state index in [0.717, 1.165) is 19.6 Å². The minimum Gasteiger partial charge on any atom is -0.310 e. The summed E-state index contributed by atoms with van der Waals surface area (Å²) in [7, 11) is 0. The first kappa shape index (κ1) is 15.3. The second-order valence-corrected chi connectivity index (χ2v) is 7.26. The summed E-state index contributed by atoms with van der Waals surface area (Å²) in [4.78, 5) is 2.63. The van der Waals surface area contributed by atoms with Crippen molar-refractivity contribution in [3.63, 3.8) is 0 Å². The van der Waals surface area contributed by atoms with Gasteiger partial charge >= 0.3 is 0 Å². The highest BCUT2D eigenvalue weighted by atomic mass is 127. The molecule has 106 valence electrons. The molecular weight excluding hydrogens is 347 g/mol. The fraction of sp³-hybridized carbons (Fsp3) is 0.625. The minimum absolute atomic E-state index is 0.258. The van der Waals surface area contributed by atoms with E-state index in [-0.39, 0.29) is 5.54 Å². The van der Waals surface area contributed by atoms with E-state index >= 15 is 0 Å². The highest BCUT2D eigenvalue weighted by molar-refractivity contribution is 14.1. The van der Waals surface area contributed by atoms with Crippen molar-refractivity contribution in [2.24, 2.45) is 0 Å². The van der Waals surface area contributed by atoms with Crippen LogP contribution in [0.2, 0.25) is 0 Å². The predicted octanol–water partition coefficient (Wildman–Crippen LogP) is 3.64. The molecule has 1 aromatic carbocycles. The maximum Gasteiger partial charge on any atom is 0.0278 e. The normalized spacial score (nSPS) is 29.2. The van der Waals surface area contributed by atoms with E-state index in [1.54, 1.807) is 0 Å². The second kappa shape index (κ2) is 6.55. The third-order valence-corrected chi connectivity index (χ3v) is 5.09. The molecule has 1 fully saturated rings. The van der Waals surface area contributed by atoms with Crippen molar-refractivity contribution in [1.29, 1.82) is 0 Å². The third kappa shape index (κ3) is 4.17. The van der Waals surface area contributed by atoms with Crippen molar-refractivity contribution in [2.75, 3.05) is 13.1 Å². The largest absolute Gasteiger partial charge is 0.310 e. The average Bonchev–Trinajstić information content (AvgIpc) is 2.53. The quantitative estimate of drug-likeness (QED) is 0.815. The predicted molar refractivity (Wildman–Crippen MR) is 90.3 cm³/mol. The molecule has 1 saturated heterocycles. The van der Waals surface area contributed by atoms with Gasteiger partial charge < -0.3 is 5.32 Å². The molecule has 1 heterocycles. The summed E-state index contributed by atoms with van der Waals surface area (Å²) in [6, 6.07) is 9.58. The van der Waals surface area contributed by atoms with Crippen molar-refractivity contribution < 1.29 is 0 Å². The van der Waals surface area contributed by atoms with Crippen LogP contribution in [0, 0.1) is 3.57 Å². The Kier molecular flexibility index (Phi) is 5.26. The van der Waals surface area contributed by atoms with E-state index in [1.807, 2.05) is 0 Å². The maximum absolute atomic E-state index is 3.72. The van der Waals surface area contributed by atoms with Gasteiger partial charge in [0.05, 0.1) is 0 Å². The van der Waals surface area contributed by atoms with Crippen LogP contribution in [0.5, 0.6) is 0 Å². The molecule has 1 aliphatic rings. The number of hydrogen-bond donors (Lipinski definition) is 1. The third-order valence-electron chi connectivity index (χ3n) is 4.37. The monoisotopic (exact) mass is 372 g/mol. The van der Waals surface area contributed by atoms with E-state index < -0.39 is 0 Å². The first-order chi connectivity index (χ1) is 9.02. The Hall–Kier alpha value is -0.130. The summed E-state index contributed by atoms with van der Waals surface area (Å²) in [5, 5.41) is 3.72. The first-order valence-corrected chi connectivity index (χ1v) is 8.34. The lowest BCUT2D eigenvalue weighted by atomic mass is 9.98. The molecule has 3 heteroatoms. The van der Waals surface area contributed by atoms with Crippen LogP contribution in [0.15, 0.2) is 24.3 Å². The van der Waals surface area contributed by atoms with E-state index in [0.29, 0.717) is 6.04 Å². The van der Waals surface area contributed by atoms with Crippen LogP contribution in [0.4, 0.5) is 0 Å². The molecule has 1 N–H and O–H groups in total. The Morgan fingerprint density at radius 1 is 1.37 bits per heavy atom. The van der Waals surface area contributed by atoms with E-state index in [1.165, 1.54) is 22.0 Å². The van der Waals surface area contributed by atoms with Gasteiger partial charge in [-0.05, 0) is 73.5 Å². The van der Waals surface area contributed by atoms with Gasteiger partial charge in [-0.15, -0.1) is 0 Å². The van der Waals surface area contributed by atoms with Crippen LogP contribution < -0.4 is 5.32 Å². The summed E-state index contributed by atoms with van der Waals surface area (Å²) < 4.78 is 1.31. The molecule has 0 spiro atoms. The number of nitrogens with zero attached hydrogens (tertiary/aromatic N) is 1. The van der Waals surface area contributed by atoms with Crippen LogP contribution in [0.25, 0.3) is 0 Å². The van der Waals surface area contributed by atoms with Crippen LogP contribution in [0.3, 0.4) is 0 Å². The summed E-state index contributed by atoms with van der Waals surface area (Å²) in [5.74, 6) is 0. The van der Waals surface area contributed by atoms with Gasteiger partial charge in [-0.25, -0.2) is 0 Å². The fourth-order valence-electron chi connectivity index (χ4n) is 2.70. The zero-order valence-electron chi connectivity index (χ0n) is 12.2. The Labute approximate surface area is 131 Å². The maximum atomic E-state index is 3.72. The van der Waals surface area contributed by atoms with E-state index in [9.17, 15) is 0 Å². The molecule has 0 aliphatic carbocycles. The molecule has 19 heavy (non-hydrogen) atoms. The summed E-state index contributed by atoms with van der Waals surface area (Å²) in [5.41, 5.74) is 1.68. The first-order valence-electron chi connectivity index (χ1n) is 7.26. The number of halogens is 1. The van der Waals surface area contributed by atoms with Gasteiger partial charge in [0.15, 0.2) is 0 Å². The molecule has 0 amide bonds. The van der Waals surface area contributed by atoms with E-state index in [4.69, 9.17) is 0 Å². The molecule has 2 atom stereocenters. The van der Waals surface area contributed by atoms with Gasteiger partial charge in [0.1, 0.15) is 0 Å². The van der Waals surface area contributed by atoms with Crippen LogP contribution >= 0.6 is 22.6 Å². The van der Waals surface area contributed by atoms with Crippen molar-refractivity contribution in [3.8, 4) is 0 Å². The van der Waals surface area contributed by atoms with Crippen molar-refractivity contribution >= 4 is 22.6 Å². The lowest BCUT2D eigenvalue weighted by Gasteiger charge is -2.35. The van der Waals surface area contributed by atoms with Crippen LogP contribution in [-0.4, -0.2) is 29.6 Å². The molecule has 1 aliphatic heterocycles. The molecule has 0 aromatic heterocycles. The summed E-state index contributed by atoms with van der Waals surface area (Å²) in [6.07, 6.45) is 2.42. The summed E-state index contributed by atoms with van der Waals surface area (Å²) in [6.45, 7) is 10.3. The van der Waals surface area contributed by atoms with Gasteiger partial charge in [-0.2, -0.15) is 0 Å². The van der Waals surface area contributed by atoms with E-state index in [2.05, 4.69) is 77.8 Å². The molecule has 0 radical (unpaired) electrons. The lowest BCUT2D eigenvalue weighted by Crippen LogP contribution is -2.49. The Balaban J connectivity index is 2.09. The number of rotatable bonds is 3. The van der Waals surface area contributed by atoms with Gasteiger partial charge in [0.2, 0.25) is 0 Å². The SMILES string of the molecule is CCC1(C)CN(Cc2ccc(I)cc2)C(C)CCN1. The molecule has 2 unspecified atom stereocenters. The van der Waals surface area contributed by atoms with Gasteiger partial charge in [0.25, 0.3) is 0 Å². The minimum atomic E-state index is 0.258. The molecule has 0 saturated carbocycles. The van der Waals surface area contributed by atoms with Crippen molar-refractivity contribution in [1.82, 2.24) is 10.2 Å². The van der Waals surface area contributed by atoms with Gasteiger partial charge in [0, 0.05) is 28.2 Å². The van der Waals surface area contributed by atoms with Gasteiger partial charge in [-0.1, -0.05) is 19.1 Å². The molecule has 1 aromatic rings. The second-order valence-electron chi connectivity index (χ2n) is 6.01. The standard InChI is InChI=1S/C16H25IN2/c1-4-16(3)12-19(13(2)9-10-18-16)11-14-5-7-15(17)8-6-14/h5-8,13,18H,4,9-12H2,1-3H3. The summed E-state index contributed by atoms with van der Waals surface area (Å²) >= 11 is 2.37. The zero-order valence-corrected chi connectivity index (χ0v) is 14.4. The molecule has 0 bridgehead atoms. The Morgan fingerprint density at radius 2 is 2.05 bits per heavy atom. The van der Waals surface area contributed by atoms with Crippen LogP contribution in [-0.2, 0) is 6.54 Å². The Bertz CT molecular complexity index is 404. The lowest BCUT2D eigenvalue weighted by molar-refractivity contribution is 0.163. The highest BCUT2D eigenvalue weighted by Gasteiger charge is 2.30. The average molecular weight is 372 g/mol. The molecular formula is C16H25IN2. The van der Waals surface area contributed by atoms with Crippen molar-refractivity contribution in [2.45, 2.75) is 51.7 Å². The number of benzene rings is 1. The fourth-order valence-corrected chi connectivity index (χ4v) is 3.06. The zero-order chi connectivity index (χ0) is 13.9. The Morgan fingerprint density at radius 3 is 2.68 bits per heavy atom. The molecule has 2 nitrogen and oxygen atoms in total. The highest BCUT2D eigenvalue weighted by Crippen LogP contribution is 2.21. The van der Waals surface area contributed by atoms with Gasteiger partial charge in [-0.3, -0.25) is 4.90 Å².